The summed E-state index contributed by atoms with van der Waals surface area (Å²) in [6, 6.07) is 1.39. The maximum Gasteiger partial charge on any atom is 0.451 e. The summed E-state index contributed by atoms with van der Waals surface area (Å²) >= 11 is 1.75. The van der Waals surface area contributed by atoms with Crippen molar-refractivity contribution in [1.29, 1.82) is 0 Å². The second-order valence-electron chi connectivity index (χ2n) is 6.73. The molecule has 2 aromatic rings. The molecule has 0 aliphatic heterocycles. The van der Waals surface area contributed by atoms with Crippen LogP contribution < -0.4 is 5.73 Å². The predicted octanol–water partition coefficient (Wildman–Crippen LogP) is 5.32. The third kappa shape index (κ3) is 6.90. The molecule has 4 nitrogen and oxygen atoms in total. The number of nitrogen functional groups attached to an aromatic ring is 1. The minimum atomic E-state index is -4.82. The van der Waals surface area contributed by atoms with Gasteiger partial charge in [-0.1, -0.05) is 0 Å². The molecular weight excluding hydrogens is 401 g/mol. The zero-order valence-corrected chi connectivity index (χ0v) is 16.9. The topological polar surface area (TPSA) is 61.0 Å². The molecule has 1 aromatic carbocycles. The van der Waals surface area contributed by atoms with Gasteiger partial charge in [0.25, 0.3) is 0 Å². The largest absolute Gasteiger partial charge is 0.451 e. The van der Waals surface area contributed by atoms with Crippen molar-refractivity contribution < 1.29 is 26.7 Å². The minimum Gasteiger partial charge on any atom is -0.396 e. The van der Waals surface area contributed by atoms with Crippen molar-refractivity contribution in [3.05, 3.63) is 41.4 Å². The first-order chi connectivity index (χ1) is 12.8. The Bertz CT molecular complexity index is 807. The van der Waals surface area contributed by atoms with Gasteiger partial charge in [0, 0.05) is 23.4 Å². The summed E-state index contributed by atoms with van der Waals surface area (Å²) in [7, 11) is 0. The molecule has 0 aliphatic rings. The molecule has 0 radical (unpaired) electrons. The summed E-state index contributed by atoms with van der Waals surface area (Å²) in [5.41, 5.74) is 3.80. The zero-order valence-electron chi connectivity index (χ0n) is 16.1. The summed E-state index contributed by atoms with van der Waals surface area (Å²) in [4.78, 5) is 6.67. The van der Waals surface area contributed by atoms with E-state index in [9.17, 15) is 22.0 Å². The van der Waals surface area contributed by atoms with Gasteiger partial charge in [-0.3, -0.25) is 0 Å². The standard InChI is InChI=1S/C16H16F5N3O.C2H6S/c1-15(2,3)25-7-8-6-23-14(16(19,20)21)24-13(8)9-4-12(22)11(18)5-10(9)17;1-3-2/h4-6H,7,22H2,1-3H3;1-2H3. The number of nitrogens with two attached hydrogens (primary N) is 1. The summed E-state index contributed by atoms with van der Waals surface area (Å²) < 4.78 is 71.7. The number of anilines is 1. The number of hydrogen-bond acceptors (Lipinski definition) is 5. The van der Waals surface area contributed by atoms with Gasteiger partial charge in [-0.25, -0.2) is 18.7 Å². The van der Waals surface area contributed by atoms with Crippen molar-refractivity contribution >= 4 is 17.4 Å². The zero-order chi connectivity index (χ0) is 21.7. The number of hydrogen-bond donors (Lipinski definition) is 1. The first-order valence-electron chi connectivity index (χ1n) is 8.02. The Hall–Kier alpha value is -1.94. The van der Waals surface area contributed by atoms with Gasteiger partial charge in [-0.05, 0) is 39.3 Å². The van der Waals surface area contributed by atoms with Crippen molar-refractivity contribution in [2.24, 2.45) is 0 Å². The Morgan fingerprint density at radius 3 is 2.14 bits per heavy atom. The van der Waals surface area contributed by atoms with Crippen LogP contribution in [-0.4, -0.2) is 28.1 Å². The first-order valence-corrected chi connectivity index (χ1v) is 9.65. The quantitative estimate of drug-likeness (QED) is 0.535. The number of rotatable bonds is 3. The molecule has 0 fully saturated rings. The fourth-order valence-corrected chi connectivity index (χ4v) is 1.92. The molecular formula is C18H22F5N3OS. The maximum absolute atomic E-state index is 14.1. The molecule has 0 amide bonds. The van der Waals surface area contributed by atoms with E-state index in [1.165, 1.54) is 0 Å². The van der Waals surface area contributed by atoms with Crippen LogP contribution in [0.3, 0.4) is 0 Å². The third-order valence-electron chi connectivity index (χ3n) is 3.12. The highest BCUT2D eigenvalue weighted by Crippen LogP contribution is 2.32. The molecule has 0 spiro atoms. The lowest BCUT2D eigenvalue weighted by molar-refractivity contribution is -0.145. The van der Waals surface area contributed by atoms with Gasteiger partial charge in [0.2, 0.25) is 5.82 Å². The molecule has 28 heavy (non-hydrogen) atoms. The Morgan fingerprint density at radius 2 is 1.64 bits per heavy atom. The van der Waals surface area contributed by atoms with E-state index in [-0.39, 0.29) is 23.4 Å². The molecule has 2 N–H and O–H groups in total. The van der Waals surface area contributed by atoms with Crippen LogP contribution in [0.25, 0.3) is 11.3 Å². The summed E-state index contributed by atoms with van der Waals surface area (Å²) in [6.45, 7) is 5.07. The van der Waals surface area contributed by atoms with E-state index in [2.05, 4.69) is 9.97 Å². The van der Waals surface area contributed by atoms with Crippen molar-refractivity contribution in [1.82, 2.24) is 9.97 Å². The van der Waals surface area contributed by atoms with Gasteiger partial charge in [-0.15, -0.1) is 0 Å². The SMILES string of the molecule is CC(C)(C)OCc1cnc(C(F)(F)F)nc1-c1cc(N)c(F)cc1F.CSC. The van der Waals surface area contributed by atoms with Crippen LogP contribution in [-0.2, 0) is 17.5 Å². The van der Waals surface area contributed by atoms with E-state index in [0.29, 0.717) is 6.07 Å². The molecule has 0 atom stereocenters. The molecule has 1 heterocycles. The predicted molar refractivity (Wildman–Crippen MR) is 101 cm³/mol. The van der Waals surface area contributed by atoms with E-state index in [4.69, 9.17) is 10.5 Å². The van der Waals surface area contributed by atoms with Crippen LogP contribution in [0.2, 0.25) is 0 Å². The van der Waals surface area contributed by atoms with Crippen molar-refractivity contribution in [2.75, 3.05) is 18.2 Å². The van der Waals surface area contributed by atoms with E-state index in [1.807, 2.05) is 12.5 Å². The Kier molecular flexibility index (Phi) is 8.18. The molecule has 156 valence electrons. The number of thioether (sulfide) groups is 1. The number of nitrogens with zero attached hydrogens (tertiary/aromatic N) is 2. The number of halogens is 5. The number of alkyl halides is 3. The minimum absolute atomic E-state index is 0.118. The van der Waals surface area contributed by atoms with Crippen LogP contribution in [0.5, 0.6) is 0 Å². The van der Waals surface area contributed by atoms with Crippen molar-refractivity contribution in [3.63, 3.8) is 0 Å². The maximum atomic E-state index is 14.1. The highest BCUT2D eigenvalue weighted by Gasteiger charge is 2.35. The smallest absolute Gasteiger partial charge is 0.396 e. The normalized spacial score (nSPS) is 11.8. The monoisotopic (exact) mass is 423 g/mol. The van der Waals surface area contributed by atoms with Gasteiger partial charge in [-0.2, -0.15) is 24.9 Å². The lowest BCUT2D eigenvalue weighted by Gasteiger charge is -2.21. The van der Waals surface area contributed by atoms with Crippen LogP contribution in [0.4, 0.5) is 27.6 Å². The molecule has 2 rings (SSSR count). The van der Waals surface area contributed by atoms with Gasteiger partial charge < -0.3 is 10.5 Å². The fourth-order valence-electron chi connectivity index (χ4n) is 1.92. The Morgan fingerprint density at radius 1 is 1.07 bits per heavy atom. The molecule has 1 aromatic heterocycles. The first kappa shape index (κ1) is 24.1. The van der Waals surface area contributed by atoms with Crippen LogP contribution >= 0.6 is 11.8 Å². The third-order valence-corrected chi connectivity index (χ3v) is 3.12. The summed E-state index contributed by atoms with van der Waals surface area (Å²) in [5, 5.41) is 0. The van der Waals surface area contributed by atoms with Gasteiger partial charge in [0.1, 0.15) is 11.6 Å². The second kappa shape index (κ2) is 9.51. The van der Waals surface area contributed by atoms with Gasteiger partial charge in [0.15, 0.2) is 0 Å². The van der Waals surface area contributed by atoms with Crippen LogP contribution in [0, 0.1) is 11.6 Å². The second-order valence-corrected chi connectivity index (χ2v) is 7.54. The Labute approximate surface area is 164 Å². The highest BCUT2D eigenvalue weighted by atomic mass is 32.2. The molecule has 0 unspecified atom stereocenters. The number of aromatic nitrogens is 2. The van der Waals surface area contributed by atoms with Crippen molar-refractivity contribution in [2.45, 2.75) is 39.2 Å². The van der Waals surface area contributed by atoms with Gasteiger partial charge >= 0.3 is 6.18 Å². The number of ether oxygens (including phenoxy) is 1. The number of benzene rings is 1. The highest BCUT2D eigenvalue weighted by molar-refractivity contribution is 7.97. The lowest BCUT2D eigenvalue weighted by atomic mass is 10.1. The summed E-state index contributed by atoms with van der Waals surface area (Å²) in [6.07, 6.45) is 0.177. The van der Waals surface area contributed by atoms with E-state index in [0.717, 1.165) is 12.3 Å². The van der Waals surface area contributed by atoms with Crippen molar-refractivity contribution in [3.8, 4) is 11.3 Å². The van der Waals surface area contributed by atoms with E-state index >= 15 is 0 Å². The summed E-state index contributed by atoms with van der Waals surface area (Å²) in [5.74, 6) is -3.54. The van der Waals surface area contributed by atoms with E-state index < -0.39 is 34.9 Å². The fraction of sp³-hybridized carbons (Fsp3) is 0.444. The van der Waals surface area contributed by atoms with E-state index in [1.54, 1.807) is 32.5 Å². The molecule has 0 saturated carbocycles. The average Bonchev–Trinajstić information content (AvgIpc) is 2.55. The van der Waals surface area contributed by atoms with Crippen LogP contribution in [0.1, 0.15) is 32.2 Å². The molecule has 10 heteroatoms. The molecule has 0 saturated heterocycles. The van der Waals surface area contributed by atoms with Crippen LogP contribution in [0.15, 0.2) is 18.3 Å². The van der Waals surface area contributed by atoms with Gasteiger partial charge in [0.05, 0.1) is 23.6 Å². The Balaban J connectivity index is 0.00000122. The molecule has 0 bridgehead atoms. The average molecular weight is 423 g/mol. The lowest BCUT2D eigenvalue weighted by Crippen LogP contribution is -2.20. The molecule has 0 aliphatic carbocycles.